The molecule has 0 spiro atoms. The van der Waals surface area contributed by atoms with Gasteiger partial charge < -0.3 is 30.8 Å². The molecule has 2 rings (SSSR count). The van der Waals surface area contributed by atoms with E-state index < -0.39 is 29.2 Å². The van der Waals surface area contributed by atoms with Crippen LogP contribution in [0.25, 0.3) is 5.70 Å². The van der Waals surface area contributed by atoms with E-state index in [1.807, 2.05) is 0 Å². The lowest BCUT2D eigenvalue weighted by molar-refractivity contribution is -0.157. The summed E-state index contributed by atoms with van der Waals surface area (Å²) in [5.74, 6) is -2.07. The van der Waals surface area contributed by atoms with Gasteiger partial charge in [-0.05, 0) is 45.1 Å². The van der Waals surface area contributed by atoms with Gasteiger partial charge in [-0.2, -0.15) is 0 Å². The van der Waals surface area contributed by atoms with Crippen LogP contribution in [-0.4, -0.2) is 36.1 Å². The van der Waals surface area contributed by atoms with Crippen LogP contribution in [0.5, 0.6) is 0 Å². The summed E-state index contributed by atoms with van der Waals surface area (Å²) < 4.78 is 39.3. The van der Waals surface area contributed by atoms with Gasteiger partial charge in [0.15, 0.2) is 11.6 Å². The van der Waals surface area contributed by atoms with Crippen molar-refractivity contribution < 1.29 is 23.0 Å². The molecule has 0 aliphatic carbocycles. The summed E-state index contributed by atoms with van der Waals surface area (Å²) in [6.07, 6.45) is 6.67. The lowest BCUT2D eigenvalue weighted by Crippen LogP contribution is -2.46. The lowest BCUT2D eigenvalue weighted by Gasteiger charge is -2.30. The fraction of sp³-hybridized carbons (Fsp3) is 0.269. The summed E-state index contributed by atoms with van der Waals surface area (Å²) in [5, 5.41) is 24.0. The molecule has 37 heavy (non-hydrogen) atoms. The van der Waals surface area contributed by atoms with Gasteiger partial charge in [0.2, 0.25) is 0 Å². The minimum absolute atomic E-state index is 0.0694. The number of ether oxygens (including phenoxy) is 2. The Labute approximate surface area is 219 Å². The summed E-state index contributed by atoms with van der Waals surface area (Å²) in [5.41, 5.74) is -0.439. The van der Waals surface area contributed by atoms with Crippen molar-refractivity contribution in [3.05, 3.63) is 89.3 Å². The average molecular weight is 534 g/mol. The van der Waals surface area contributed by atoms with Crippen LogP contribution in [0.2, 0.25) is 0 Å². The highest BCUT2D eigenvalue weighted by Gasteiger charge is 2.29. The number of methoxy groups -OCH3 is 1. The molecule has 8 nitrogen and oxygen atoms in total. The van der Waals surface area contributed by atoms with Gasteiger partial charge in [-0.25, -0.2) is 13.6 Å². The van der Waals surface area contributed by atoms with Crippen molar-refractivity contribution in [2.45, 2.75) is 38.8 Å². The maximum atomic E-state index is 14.5. The first-order valence-electron chi connectivity index (χ1n) is 11.1. The van der Waals surface area contributed by atoms with Gasteiger partial charge in [-0.15, -0.1) is 0 Å². The predicted molar refractivity (Wildman–Crippen MR) is 141 cm³/mol. The highest BCUT2D eigenvalue weighted by atomic mass is 35.5. The van der Waals surface area contributed by atoms with Gasteiger partial charge in [-0.3, -0.25) is 5.41 Å². The highest BCUT2D eigenvalue weighted by Crippen LogP contribution is 2.25. The molecule has 5 N–H and O–H groups in total. The van der Waals surface area contributed by atoms with E-state index in [2.05, 4.69) is 22.5 Å². The standard InChI is InChI=1S/C26H30ClF2N5O3/c1-6-8-16(36-5)12-19(25(35)37-26(2,3)4)34-24-23(15(13-30)11-21(27)31)33-20(14-32-24)17-9-7-10-18(28)22(17)29/h6-11,13-14,19,30-34H,1,12H2,2-5H3/b15-11+,16-8-,30-13?,31-21?. The van der Waals surface area contributed by atoms with Crippen LogP contribution in [0, 0.1) is 22.5 Å². The van der Waals surface area contributed by atoms with Crippen molar-refractivity contribution in [3.8, 4) is 0 Å². The van der Waals surface area contributed by atoms with Crippen molar-refractivity contribution >= 4 is 34.7 Å². The predicted octanol–water partition coefficient (Wildman–Crippen LogP) is 4.82. The van der Waals surface area contributed by atoms with E-state index in [1.165, 1.54) is 37.6 Å². The third-order valence-corrected chi connectivity index (χ3v) is 4.93. The third kappa shape index (κ3) is 8.32. The Morgan fingerprint density at radius 1 is 1.32 bits per heavy atom. The van der Waals surface area contributed by atoms with Crippen LogP contribution in [0.15, 0.2) is 72.1 Å². The van der Waals surface area contributed by atoms with Crippen molar-refractivity contribution in [3.63, 3.8) is 0 Å². The quantitative estimate of drug-likeness (QED) is 0.120. The number of rotatable bonds is 11. The number of allylic oxidation sites excluding steroid dienone is 4. The second kappa shape index (κ2) is 12.9. The zero-order valence-corrected chi connectivity index (χ0v) is 21.7. The molecule has 0 amide bonds. The van der Waals surface area contributed by atoms with Crippen molar-refractivity contribution in [1.82, 2.24) is 16.0 Å². The molecule has 0 saturated carbocycles. The van der Waals surface area contributed by atoms with Crippen molar-refractivity contribution in [2.24, 2.45) is 0 Å². The number of halogens is 3. The normalized spacial score (nSPS) is 15.1. The van der Waals surface area contributed by atoms with E-state index in [-0.39, 0.29) is 39.9 Å². The first-order valence-corrected chi connectivity index (χ1v) is 11.5. The van der Waals surface area contributed by atoms with E-state index in [4.69, 9.17) is 31.9 Å². The number of nitrogens with one attached hydrogen (secondary N) is 5. The molecule has 1 aliphatic rings. The van der Waals surface area contributed by atoms with Crippen LogP contribution in [-0.2, 0) is 14.3 Å². The average Bonchev–Trinajstić information content (AvgIpc) is 2.82. The number of hydrogen-bond donors (Lipinski definition) is 5. The van der Waals surface area contributed by atoms with E-state index in [0.717, 1.165) is 12.3 Å². The van der Waals surface area contributed by atoms with Gasteiger partial charge in [0.05, 0.1) is 24.3 Å². The zero-order chi connectivity index (χ0) is 27.8. The second-order valence-corrected chi connectivity index (χ2v) is 9.19. The molecule has 0 fully saturated rings. The second-order valence-electron chi connectivity index (χ2n) is 8.78. The van der Waals surface area contributed by atoms with Crippen molar-refractivity contribution in [2.75, 3.05) is 7.11 Å². The Kier molecular flexibility index (Phi) is 10.2. The van der Waals surface area contributed by atoms with E-state index in [1.54, 1.807) is 26.8 Å². The maximum absolute atomic E-state index is 14.5. The molecule has 1 heterocycles. The molecule has 1 aliphatic heterocycles. The first kappa shape index (κ1) is 29.3. The Morgan fingerprint density at radius 3 is 2.59 bits per heavy atom. The summed E-state index contributed by atoms with van der Waals surface area (Å²) in [6, 6.07) is 2.74. The molecular weight excluding hydrogens is 504 g/mol. The number of hydrogen-bond acceptors (Lipinski definition) is 8. The molecule has 0 radical (unpaired) electrons. The molecule has 11 heteroatoms. The summed E-state index contributed by atoms with van der Waals surface area (Å²) in [6.45, 7) is 8.84. The monoisotopic (exact) mass is 533 g/mol. The summed E-state index contributed by atoms with van der Waals surface area (Å²) >= 11 is 5.75. The summed E-state index contributed by atoms with van der Waals surface area (Å²) in [4.78, 5) is 13.1. The fourth-order valence-electron chi connectivity index (χ4n) is 3.25. The van der Waals surface area contributed by atoms with Gasteiger partial charge in [0.1, 0.15) is 22.6 Å². The first-order chi connectivity index (χ1) is 17.4. The Hall–Kier alpha value is -3.92. The van der Waals surface area contributed by atoms with Crippen LogP contribution in [0.3, 0.4) is 0 Å². The van der Waals surface area contributed by atoms with Crippen molar-refractivity contribution in [1.29, 1.82) is 10.8 Å². The molecule has 0 bridgehead atoms. The largest absolute Gasteiger partial charge is 0.501 e. The van der Waals surface area contributed by atoms with Crippen LogP contribution in [0.1, 0.15) is 32.8 Å². The summed E-state index contributed by atoms with van der Waals surface area (Å²) in [7, 11) is 1.46. The number of carbonyl (C=O) groups excluding carboxylic acids is 1. The minimum atomic E-state index is -1.07. The highest BCUT2D eigenvalue weighted by molar-refractivity contribution is 6.67. The van der Waals surface area contributed by atoms with Crippen LogP contribution >= 0.6 is 11.6 Å². The molecule has 0 aromatic heterocycles. The van der Waals surface area contributed by atoms with Gasteiger partial charge in [-0.1, -0.05) is 30.3 Å². The number of carbonyl (C=O) groups is 1. The molecule has 0 saturated heterocycles. The molecule has 1 aromatic carbocycles. The smallest absolute Gasteiger partial charge is 0.329 e. The Morgan fingerprint density at radius 2 is 2.03 bits per heavy atom. The van der Waals surface area contributed by atoms with E-state index in [0.29, 0.717) is 5.76 Å². The third-order valence-electron chi connectivity index (χ3n) is 4.82. The SMILES string of the molecule is C=C/C=C(/CC(NC1=C(/C(C=N)=C/C(=N)Cl)NC(c2cccc(F)c2F)=CN1)C(=O)OC(C)(C)C)OC. The van der Waals surface area contributed by atoms with Crippen LogP contribution in [0.4, 0.5) is 8.78 Å². The fourth-order valence-corrected chi connectivity index (χ4v) is 3.37. The molecular formula is C26H30ClF2N5O3. The van der Waals surface area contributed by atoms with E-state index >= 15 is 0 Å². The number of esters is 1. The zero-order valence-electron chi connectivity index (χ0n) is 21.0. The molecule has 1 aromatic rings. The minimum Gasteiger partial charge on any atom is -0.501 e. The molecule has 1 atom stereocenters. The Bertz CT molecular complexity index is 1200. The molecule has 1 unspecified atom stereocenters. The molecule has 198 valence electrons. The van der Waals surface area contributed by atoms with E-state index in [9.17, 15) is 13.6 Å². The van der Waals surface area contributed by atoms with Gasteiger partial charge in [0.25, 0.3) is 0 Å². The lowest BCUT2D eigenvalue weighted by atomic mass is 10.1. The number of benzene rings is 1. The van der Waals surface area contributed by atoms with Gasteiger partial charge >= 0.3 is 5.97 Å². The van der Waals surface area contributed by atoms with Gasteiger partial charge in [0, 0.05) is 30.0 Å². The Balaban J connectivity index is 2.57. The van der Waals surface area contributed by atoms with Crippen LogP contribution < -0.4 is 16.0 Å². The maximum Gasteiger partial charge on any atom is 0.329 e. The topological polar surface area (TPSA) is 119 Å².